The molecule has 0 rings (SSSR count). The zero-order chi connectivity index (χ0) is 18.3. The fourth-order valence-electron chi connectivity index (χ4n) is 1.90. The predicted octanol–water partition coefficient (Wildman–Crippen LogP) is 5.89. The normalized spacial score (nSPS) is 14.7. The van der Waals surface area contributed by atoms with Crippen LogP contribution in [0.4, 0.5) is 22.0 Å². The zero-order valence-corrected chi connectivity index (χ0v) is 14.2. The molecule has 0 N–H and O–H groups in total. The highest BCUT2D eigenvalue weighted by Crippen LogP contribution is 2.35. The Morgan fingerprint density at radius 1 is 1.04 bits per heavy atom. The molecular weight excluding hydrogens is 319 g/mol. The van der Waals surface area contributed by atoms with Crippen LogP contribution in [0, 0.1) is 5.41 Å². The van der Waals surface area contributed by atoms with Gasteiger partial charge in [-0.3, -0.25) is 4.79 Å². The molecule has 0 fully saturated rings. The minimum absolute atomic E-state index is 0.269. The van der Waals surface area contributed by atoms with Crippen LogP contribution in [0.5, 0.6) is 0 Å². The number of carbonyl (C=O) groups excluding carboxylic acids is 1. The van der Waals surface area contributed by atoms with Crippen molar-refractivity contribution in [2.45, 2.75) is 90.8 Å². The Morgan fingerprint density at radius 3 is 2.04 bits per heavy atom. The average molecular weight is 346 g/mol. The molecule has 0 aliphatic rings. The molecule has 1 unspecified atom stereocenters. The Morgan fingerprint density at radius 2 is 1.61 bits per heavy atom. The summed E-state index contributed by atoms with van der Waals surface area (Å²) in [4.78, 5) is 12.0. The molecule has 138 valence electrons. The highest BCUT2D eigenvalue weighted by atomic mass is 19.4. The van der Waals surface area contributed by atoms with Crippen LogP contribution in [0.1, 0.15) is 72.6 Å². The second kappa shape index (κ2) is 8.83. The van der Waals surface area contributed by atoms with Crippen molar-refractivity contribution < 1.29 is 31.5 Å². The van der Waals surface area contributed by atoms with E-state index < -0.39 is 42.4 Å². The van der Waals surface area contributed by atoms with Crippen molar-refractivity contribution >= 4 is 5.97 Å². The van der Waals surface area contributed by atoms with Crippen LogP contribution in [0.15, 0.2) is 0 Å². The molecule has 0 spiro atoms. The number of unbranched alkanes of at least 4 members (excludes halogenated alkanes) is 1. The quantitative estimate of drug-likeness (QED) is 0.364. The van der Waals surface area contributed by atoms with Crippen molar-refractivity contribution in [3.05, 3.63) is 0 Å². The number of esters is 1. The summed E-state index contributed by atoms with van der Waals surface area (Å²) >= 11 is 0. The topological polar surface area (TPSA) is 26.3 Å². The summed E-state index contributed by atoms with van der Waals surface area (Å²) in [5.74, 6) is -4.34. The van der Waals surface area contributed by atoms with Crippen molar-refractivity contribution in [1.82, 2.24) is 0 Å². The highest BCUT2D eigenvalue weighted by molar-refractivity contribution is 5.75. The monoisotopic (exact) mass is 346 g/mol. The largest absolute Gasteiger partial charge is 0.462 e. The zero-order valence-electron chi connectivity index (χ0n) is 14.2. The second-order valence-electron chi connectivity index (χ2n) is 6.59. The van der Waals surface area contributed by atoms with Gasteiger partial charge in [0, 0.05) is 6.42 Å². The van der Waals surface area contributed by atoms with Gasteiger partial charge in [-0.1, -0.05) is 26.7 Å². The minimum atomic E-state index is -4.91. The average Bonchev–Trinajstić information content (AvgIpc) is 2.38. The van der Waals surface area contributed by atoms with Gasteiger partial charge in [-0.15, -0.1) is 0 Å². The summed E-state index contributed by atoms with van der Waals surface area (Å²) in [6.45, 7) is 7.07. The molecule has 0 aliphatic heterocycles. The number of rotatable bonds is 10. The molecule has 0 saturated carbocycles. The molecule has 1 atom stereocenters. The van der Waals surface area contributed by atoms with Crippen LogP contribution in [0.25, 0.3) is 0 Å². The van der Waals surface area contributed by atoms with Crippen LogP contribution in [-0.2, 0) is 9.53 Å². The lowest BCUT2D eigenvalue weighted by Crippen LogP contribution is -2.32. The lowest BCUT2D eigenvalue weighted by molar-refractivity contribution is -0.192. The Balaban J connectivity index is 4.71. The Labute approximate surface area is 134 Å². The second-order valence-corrected chi connectivity index (χ2v) is 6.59. The number of hydrogen-bond acceptors (Lipinski definition) is 2. The van der Waals surface area contributed by atoms with Gasteiger partial charge in [0.2, 0.25) is 0 Å². The van der Waals surface area contributed by atoms with E-state index in [2.05, 4.69) is 0 Å². The molecule has 0 aromatic rings. The fraction of sp³-hybridized carbons (Fsp3) is 0.938. The molecule has 0 aliphatic carbocycles. The first-order valence-electron chi connectivity index (χ1n) is 7.98. The third-order valence-corrected chi connectivity index (χ3v) is 3.88. The van der Waals surface area contributed by atoms with E-state index in [1.165, 1.54) is 0 Å². The van der Waals surface area contributed by atoms with Gasteiger partial charge in [-0.25, -0.2) is 8.78 Å². The van der Waals surface area contributed by atoms with Gasteiger partial charge < -0.3 is 4.74 Å². The number of carbonyl (C=O) groups is 1. The van der Waals surface area contributed by atoms with Crippen LogP contribution in [0.2, 0.25) is 0 Å². The summed E-state index contributed by atoms with van der Waals surface area (Å²) in [6.07, 6.45) is -6.69. The summed E-state index contributed by atoms with van der Waals surface area (Å²) in [5.41, 5.74) is -0.737. The summed E-state index contributed by atoms with van der Waals surface area (Å²) in [5, 5.41) is 0. The highest BCUT2D eigenvalue weighted by Gasteiger charge is 2.43. The molecule has 0 heterocycles. The van der Waals surface area contributed by atoms with E-state index in [1.54, 1.807) is 20.8 Å². The van der Waals surface area contributed by atoms with Gasteiger partial charge in [-0.2, -0.15) is 13.2 Å². The summed E-state index contributed by atoms with van der Waals surface area (Å²) in [7, 11) is 0. The molecule has 23 heavy (non-hydrogen) atoms. The molecule has 0 bridgehead atoms. The molecule has 0 radical (unpaired) electrons. The Hall–Kier alpha value is -0.880. The first-order chi connectivity index (χ1) is 10.3. The van der Waals surface area contributed by atoms with Gasteiger partial charge >= 0.3 is 12.1 Å². The fourth-order valence-corrected chi connectivity index (χ4v) is 1.90. The molecule has 0 amide bonds. The Bertz CT molecular complexity index is 364. The van der Waals surface area contributed by atoms with E-state index in [-0.39, 0.29) is 6.42 Å². The maximum atomic E-state index is 13.4. The van der Waals surface area contributed by atoms with E-state index in [0.717, 1.165) is 6.42 Å². The van der Waals surface area contributed by atoms with Crippen LogP contribution in [0.3, 0.4) is 0 Å². The lowest BCUT2D eigenvalue weighted by atomic mass is 9.90. The standard InChI is InChI=1S/C16H27F5O2/c1-5-7-8-12(23-13(22)14(3,4)6-2)9-10-15(17,18)11-16(19,20)21/h12H,5-11H2,1-4H3. The van der Waals surface area contributed by atoms with E-state index in [1.807, 2.05) is 6.92 Å². The van der Waals surface area contributed by atoms with Crippen LogP contribution < -0.4 is 0 Å². The SMILES string of the molecule is CCCCC(CCC(F)(F)CC(F)(F)F)OC(=O)C(C)(C)CC. The first kappa shape index (κ1) is 22.1. The summed E-state index contributed by atoms with van der Waals surface area (Å²) in [6, 6.07) is 0. The van der Waals surface area contributed by atoms with Crippen LogP contribution in [-0.4, -0.2) is 24.2 Å². The van der Waals surface area contributed by atoms with Gasteiger partial charge in [0.15, 0.2) is 0 Å². The number of ether oxygens (including phenoxy) is 1. The molecular formula is C16H27F5O2. The molecule has 0 aromatic carbocycles. The predicted molar refractivity (Wildman–Crippen MR) is 78.3 cm³/mol. The Kier molecular flexibility index (Phi) is 8.49. The van der Waals surface area contributed by atoms with Crippen molar-refractivity contribution in [2.75, 3.05) is 0 Å². The van der Waals surface area contributed by atoms with Gasteiger partial charge in [0.25, 0.3) is 5.92 Å². The number of alkyl halides is 5. The lowest BCUT2D eigenvalue weighted by Gasteiger charge is -2.27. The third kappa shape index (κ3) is 9.76. The molecule has 7 heteroatoms. The number of hydrogen-bond donors (Lipinski definition) is 0. The van der Waals surface area contributed by atoms with Crippen LogP contribution >= 0.6 is 0 Å². The van der Waals surface area contributed by atoms with Gasteiger partial charge in [0.1, 0.15) is 12.5 Å². The van der Waals surface area contributed by atoms with E-state index in [9.17, 15) is 26.7 Å². The maximum absolute atomic E-state index is 13.4. The molecule has 0 saturated heterocycles. The van der Waals surface area contributed by atoms with Crippen molar-refractivity contribution in [2.24, 2.45) is 5.41 Å². The van der Waals surface area contributed by atoms with E-state index in [4.69, 9.17) is 4.74 Å². The maximum Gasteiger partial charge on any atom is 0.394 e. The molecule has 0 aromatic heterocycles. The van der Waals surface area contributed by atoms with Gasteiger partial charge in [-0.05, 0) is 33.1 Å². The molecule has 2 nitrogen and oxygen atoms in total. The van der Waals surface area contributed by atoms with Crippen molar-refractivity contribution in [1.29, 1.82) is 0 Å². The van der Waals surface area contributed by atoms with E-state index >= 15 is 0 Å². The van der Waals surface area contributed by atoms with Crippen molar-refractivity contribution in [3.63, 3.8) is 0 Å². The number of halogens is 5. The summed E-state index contributed by atoms with van der Waals surface area (Å²) < 4.78 is 68.4. The van der Waals surface area contributed by atoms with E-state index in [0.29, 0.717) is 19.3 Å². The smallest absolute Gasteiger partial charge is 0.394 e. The third-order valence-electron chi connectivity index (χ3n) is 3.88. The van der Waals surface area contributed by atoms with Crippen molar-refractivity contribution in [3.8, 4) is 0 Å². The minimum Gasteiger partial charge on any atom is -0.462 e. The first-order valence-corrected chi connectivity index (χ1v) is 7.98. The van der Waals surface area contributed by atoms with Gasteiger partial charge in [0.05, 0.1) is 5.41 Å².